The Morgan fingerprint density at radius 3 is 2.71 bits per heavy atom. The van der Waals surface area contributed by atoms with Crippen molar-refractivity contribution in [3.63, 3.8) is 0 Å². The van der Waals surface area contributed by atoms with Gasteiger partial charge in [-0.05, 0) is 37.8 Å². The average molecular weight is 376 g/mol. The fraction of sp³-hybridized carbons (Fsp3) is 0.409. The third kappa shape index (κ3) is 2.66. The zero-order valence-corrected chi connectivity index (χ0v) is 16.3. The van der Waals surface area contributed by atoms with Gasteiger partial charge in [0.05, 0.1) is 11.0 Å². The van der Waals surface area contributed by atoms with Crippen LogP contribution in [0.1, 0.15) is 57.8 Å². The maximum atomic E-state index is 12.2. The lowest BCUT2D eigenvalue weighted by atomic mass is 10.2. The molecule has 1 aromatic carbocycles. The Morgan fingerprint density at radius 2 is 1.96 bits per heavy atom. The Hall–Kier alpha value is -2.89. The summed E-state index contributed by atoms with van der Waals surface area (Å²) in [6.45, 7) is 4.14. The number of carbonyl (C=O) groups excluding carboxylic acids is 1. The van der Waals surface area contributed by atoms with Gasteiger partial charge in [-0.2, -0.15) is 0 Å². The molecule has 0 unspecified atom stereocenters. The van der Waals surface area contributed by atoms with E-state index in [2.05, 4.69) is 22.0 Å². The van der Waals surface area contributed by atoms with Crippen LogP contribution in [-0.4, -0.2) is 24.9 Å². The van der Waals surface area contributed by atoms with Crippen LogP contribution in [0.2, 0.25) is 0 Å². The smallest absolute Gasteiger partial charge is 0.311 e. The van der Waals surface area contributed by atoms with Crippen LogP contribution in [0, 0.1) is 0 Å². The molecule has 0 spiro atoms. The lowest BCUT2D eigenvalue weighted by molar-refractivity contribution is -0.134. The summed E-state index contributed by atoms with van der Waals surface area (Å²) in [5.74, 6) is 1.38. The van der Waals surface area contributed by atoms with Gasteiger partial charge in [-0.1, -0.05) is 26.0 Å². The molecule has 1 saturated carbocycles. The summed E-state index contributed by atoms with van der Waals surface area (Å²) >= 11 is 0. The van der Waals surface area contributed by atoms with Crippen molar-refractivity contribution in [3.05, 3.63) is 36.3 Å². The standard InChI is InChI=1S/C22H24N4O2/c1-3-7-18-24-21-20(22-23-15-9-5-6-10-16(15)26(18)22)17(28-19(27)8-4-2)13-25(21)14-11-12-14/h5-6,9-10,13-14H,3-4,7-8,11-12H2,1-2H3. The van der Waals surface area contributed by atoms with Gasteiger partial charge < -0.3 is 9.30 Å². The van der Waals surface area contributed by atoms with Crippen molar-refractivity contribution >= 4 is 33.7 Å². The quantitative estimate of drug-likeness (QED) is 0.452. The minimum atomic E-state index is -0.204. The van der Waals surface area contributed by atoms with E-state index in [4.69, 9.17) is 14.7 Å². The van der Waals surface area contributed by atoms with Crippen molar-refractivity contribution in [2.75, 3.05) is 0 Å². The first kappa shape index (κ1) is 17.2. The number of ether oxygens (including phenoxy) is 1. The summed E-state index contributed by atoms with van der Waals surface area (Å²) in [6.07, 6.45) is 7.27. The molecule has 0 N–H and O–H groups in total. The number of fused-ring (bicyclic) bond motifs is 5. The number of benzene rings is 1. The Kier molecular flexibility index (Phi) is 4.07. The molecule has 4 aromatic rings. The highest BCUT2D eigenvalue weighted by Crippen LogP contribution is 2.42. The first-order valence-corrected chi connectivity index (χ1v) is 10.2. The van der Waals surface area contributed by atoms with Crippen LogP contribution in [0.25, 0.3) is 27.7 Å². The minimum Gasteiger partial charge on any atom is -0.424 e. The van der Waals surface area contributed by atoms with Crippen molar-refractivity contribution in [2.24, 2.45) is 0 Å². The van der Waals surface area contributed by atoms with E-state index < -0.39 is 0 Å². The molecule has 0 amide bonds. The van der Waals surface area contributed by atoms with Crippen molar-refractivity contribution in [2.45, 2.75) is 58.4 Å². The van der Waals surface area contributed by atoms with Crippen molar-refractivity contribution in [1.82, 2.24) is 18.9 Å². The highest BCUT2D eigenvalue weighted by atomic mass is 16.5. The van der Waals surface area contributed by atoms with Crippen LogP contribution in [0.3, 0.4) is 0 Å². The number of rotatable bonds is 6. The number of hydrogen-bond acceptors (Lipinski definition) is 4. The summed E-state index contributed by atoms with van der Waals surface area (Å²) in [7, 11) is 0. The normalized spacial score (nSPS) is 14.4. The van der Waals surface area contributed by atoms with Gasteiger partial charge in [-0.15, -0.1) is 0 Å². The van der Waals surface area contributed by atoms with E-state index in [-0.39, 0.29) is 5.97 Å². The topological polar surface area (TPSA) is 61.4 Å². The molecule has 0 bridgehead atoms. The first-order valence-electron chi connectivity index (χ1n) is 10.2. The van der Waals surface area contributed by atoms with Crippen LogP contribution < -0.4 is 4.74 Å². The SMILES string of the molecule is CCCC(=O)Oc1cn(C2CC2)c2nc(CCC)n3c4ccccc4nc3c12. The van der Waals surface area contributed by atoms with E-state index in [0.29, 0.717) is 18.2 Å². The maximum absolute atomic E-state index is 12.2. The molecule has 6 nitrogen and oxygen atoms in total. The predicted octanol–water partition coefficient (Wildman–Crippen LogP) is 4.83. The molecule has 3 heterocycles. The molecule has 28 heavy (non-hydrogen) atoms. The van der Waals surface area contributed by atoms with E-state index in [1.165, 1.54) is 0 Å². The molecule has 0 radical (unpaired) electrons. The molecule has 1 aliphatic carbocycles. The summed E-state index contributed by atoms with van der Waals surface area (Å²) in [5, 5.41) is 0.840. The molecule has 0 aliphatic heterocycles. The summed E-state index contributed by atoms with van der Waals surface area (Å²) in [4.78, 5) is 22.2. The fourth-order valence-electron chi connectivity index (χ4n) is 3.92. The zero-order valence-electron chi connectivity index (χ0n) is 16.3. The lowest BCUT2D eigenvalue weighted by Gasteiger charge is -2.08. The molecule has 1 aliphatic rings. The lowest BCUT2D eigenvalue weighted by Crippen LogP contribution is -2.07. The van der Waals surface area contributed by atoms with Crippen molar-refractivity contribution in [1.29, 1.82) is 0 Å². The molecule has 6 heteroatoms. The predicted molar refractivity (Wildman–Crippen MR) is 109 cm³/mol. The van der Waals surface area contributed by atoms with Gasteiger partial charge in [0.15, 0.2) is 11.4 Å². The van der Waals surface area contributed by atoms with Crippen LogP contribution >= 0.6 is 0 Å². The van der Waals surface area contributed by atoms with E-state index in [1.54, 1.807) is 0 Å². The second-order valence-corrected chi connectivity index (χ2v) is 7.59. The fourth-order valence-corrected chi connectivity index (χ4v) is 3.92. The number of aryl methyl sites for hydroxylation is 1. The van der Waals surface area contributed by atoms with Gasteiger partial charge in [0.2, 0.25) is 0 Å². The highest BCUT2D eigenvalue weighted by molar-refractivity contribution is 6.01. The van der Waals surface area contributed by atoms with Crippen LogP contribution in [0.15, 0.2) is 30.5 Å². The van der Waals surface area contributed by atoms with E-state index in [1.807, 2.05) is 31.3 Å². The first-order chi connectivity index (χ1) is 13.7. The Bertz CT molecular complexity index is 1200. The molecule has 1 fully saturated rings. The maximum Gasteiger partial charge on any atom is 0.311 e. The Labute approximate surface area is 163 Å². The molecule has 3 aromatic heterocycles. The second kappa shape index (κ2) is 6.62. The molecule has 0 atom stereocenters. The van der Waals surface area contributed by atoms with E-state index >= 15 is 0 Å². The van der Waals surface area contributed by atoms with Crippen LogP contribution in [0.4, 0.5) is 0 Å². The number of imidazole rings is 1. The second-order valence-electron chi connectivity index (χ2n) is 7.59. The molecule has 144 valence electrons. The number of para-hydroxylation sites is 2. The zero-order chi connectivity index (χ0) is 19.3. The third-order valence-corrected chi connectivity index (χ3v) is 5.34. The summed E-state index contributed by atoms with van der Waals surface area (Å²) in [6, 6.07) is 8.55. The average Bonchev–Trinajstić information content (AvgIpc) is 3.36. The molecule has 5 rings (SSSR count). The Morgan fingerprint density at radius 1 is 1.14 bits per heavy atom. The third-order valence-electron chi connectivity index (χ3n) is 5.34. The van der Waals surface area contributed by atoms with Gasteiger partial charge >= 0.3 is 5.97 Å². The summed E-state index contributed by atoms with van der Waals surface area (Å²) in [5.41, 5.74) is 3.68. The minimum absolute atomic E-state index is 0.204. The number of aromatic nitrogens is 4. The van der Waals surface area contributed by atoms with E-state index in [0.717, 1.165) is 65.6 Å². The highest BCUT2D eigenvalue weighted by Gasteiger charge is 2.30. The van der Waals surface area contributed by atoms with Crippen LogP contribution in [-0.2, 0) is 11.2 Å². The van der Waals surface area contributed by atoms with Gasteiger partial charge in [0.25, 0.3) is 0 Å². The number of esters is 1. The van der Waals surface area contributed by atoms with Crippen molar-refractivity contribution in [3.8, 4) is 5.75 Å². The number of carbonyl (C=O) groups is 1. The Balaban J connectivity index is 1.84. The number of nitrogens with zero attached hydrogens (tertiary/aromatic N) is 4. The van der Waals surface area contributed by atoms with Gasteiger partial charge in [-0.25, -0.2) is 9.97 Å². The molecular weight excluding hydrogens is 352 g/mol. The molecular formula is C22H24N4O2. The van der Waals surface area contributed by atoms with Gasteiger partial charge in [0.1, 0.15) is 16.9 Å². The van der Waals surface area contributed by atoms with E-state index in [9.17, 15) is 4.79 Å². The van der Waals surface area contributed by atoms with Crippen molar-refractivity contribution < 1.29 is 9.53 Å². The summed E-state index contributed by atoms with van der Waals surface area (Å²) < 4.78 is 10.1. The monoisotopic (exact) mass is 376 g/mol. The molecule has 0 saturated heterocycles. The van der Waals surface area contributed by atoms with Crippen LogP contribution in [0.5, 0.6) is 5.75 Å². The van der Waals surface area contributed by atoms with Gasteiger partial charge in [0, 0.05) is 25.1 Å². The number of hydrogen-bond donors (Lipinski definition) is 0. The van der Waals surface area contributed by atoms with Gasteiger partial charge in [-0.3, -0.25) is 9.20 Å². The largest absolute Gasteiger partial charge is 0.424 e.